The number of carbonyl (C=O) groups excluding carboxylic acids is 1. The first-order chi connectivity index (χ1) is 10.9. The van der Waals surface area contributed by atoms with E-state index >= 15 is 0 Å². The molecule has 1 saturated heterocycles. The minimum absolute atomic E-state index is 0.0558. The fourth-order valence-electron chi connectivity index (χ4n) is 3.48. The predicted molar refractivity (Wildman–Crippen MR) is 88.7 cm³/mol. The Balaban J connectivity index is 1.84. The summed E-state index contributed by atoms with van der Waals surface area (Å²) in [6, 6.07) is 2.64. The van der Waals surface area contributed by atoms with Gasteiger partial charge in [0, 0.05) is 32.2 Å². The number of β-amino-alcohol motifs (C(OH)–C–C–N with tert-alkyl or cyclic N) is 1. The molecule has 1 amide bonds. The summed E-state index contributed by atoms with van der Waals surface area (Å²) >= 11 is 0. The molecule has 3 atom stereocenters. The standard InChI is InChI=1S/C17H30N4O2/c1-4-15-10-20(7-8-21(15)9-13(2)22)11-16(23)19-17(3,12-18)14-5-6-14/h13-15,22H,4-11H2,1-3H3,(H,19,23)/t13-,15-,17-/m1/s1. The van der Waals surface area contributed by atoms with E-state index in [0.717, 1.165) is 38.9 Å². The van der Waals surface area contributed by atoms with E-state index in [4.69, 9.17) is 0 Å². The molecule has 6 nitrogen and oxygen atoms in total. The summed E-state index contributed by atoms with van der Waals surface area (Å²) in [5, 5.41) is 21.9. The maximum Gasteiger partial charge on any atom is 0.235 e. The minimum Gasteiger partial charge on any atom is -0.392 e. The predicted octanol–water partition coefficient (Wildman–Crippen LogP) is 0.572. The molecule has 2 fully saturated rings. The Labute approximate surface area is 139 Å². The molecule has 0 unspecified atom stereocenters. The number of nitrogens with zero attached hydrogens (tertiary/aromatic N) is 3. The van der Waals surface area contributed by atoms with Crippen molar-refractivity contribution in [2.24, 2.45) is 5.92 Å². The molecule has 2 N–H and O–H groups in total. The lowest BCUT2D eigenvalue weighted by Crippen LogP contribution is -2.57. The van der Waals surface area contributed by atoms with Crippen LogP contribution in [-0.2, 0) is 4.79 Å². The normalized spacial score (nSPS) is 27.0. The Morgan fingerprint density at radius 1 is 1.48 bits per heavy atom. The Hall–Kier alpha value is -1.16. The number of nitriles is 1. The van der Waals surface area contributed by atoms with E-state index in [-0.39, 0.29) is 12.0 Å². The van der Waals surface area contributed by atoms with E-state index in [1.54, 1.807) is 0 Å². The molecule has 0 spiro atoms. The summed E-state index contributed by atoms with van der Waals surface area (Å²) in [4.78, 5) is 16.8. The van der Waals surface area contributed by atoms with Crippen LogP contribution in [0.4, 0.5) is 0 Å². The van der Waals surface area contributed by atoms with Crippen molar-refractivity contribution in [1.82, 2.24) is 15.1 Å². The number of amides is 1. The average Bonchev–Trinajstić information content (AvgIpc) is 3.33. The number of piperazine rings is 1. The first-order valence-electron chi connectivity index (χ1n) is 8.74. The lowest BCUT2D eigenvalue weighted by atomic mass is 9.98. The smallest absolute Gasteiger partial charge is 0.235 e. The number of aliphatic hydroxyl groups is 1. The van der Waals surface area contributed by atoms with Gasteiger partial charge in [0.25, 0.3) is 0 Å². The largest absolute Gasteiger partial charge is 0.392 e. The topological polar surface area (TPSA) is 79.6 Å². The zero-order chi connectivity index (χ0) is 17.0. The molecule has 23 heavy (non-hydrogen) atoms. The van der Waals surface area contributed by atoms with Crippen LogP contribution in [-0.4, -0.2) is 71.2 Å². The molecule has 6 heteroatoms. The van der Waals surface area contributed by atoms with Gasteiger partial charge in [-0.1, -0.05) is 6.92 Å². The lowest BCUT2D eigenvalue weighted by molar-refractivity contribution is -0.124. The molecule has 1 aliphatic carbocycles. The average molecular weight is 322 g/mol. The lowest BCUT2D eigenvalue weighted by Gasteiger charge is -2.41. The molecule has 1 aliphatic heterocycles. The molecule has 0 radical (unpaired) electrons. The van der Waals surface area contributed by atoms with Crippen LogP contribution < -0.4 is 5.32 Å². The molecule has 2 rings (SSSR count). The van der Waals surface area contributed by atoms with Gasteiger partial charge in [0.15, 0.2) is 0 Å². The molecule has 1 heterocycles. The molecule has 0 aromatic carbocycles. The number of rotatable bonds is 7. The highest BCUT2D eigenvalue weighted by atomic mass is 16.3. The van der Waals surface area contributed by atoms with E-state index in [9.17, 15) is 15.2 Å². The van der Waals surface area contributed by atoms with Crippen LogP contribution in [0.2, 0.25) is 0 Å². The monoisotopic (exact) mass is 322 g/mol. The number of aliphatic hydroxyl groups excluding tert-OH is 1. The summed E-state index contributed by atoms with van der Waals surface area (Å²) in [7, 11) is 0. The van der Waals surface area contributed by atoms with E-state index in [2.05, 4.69) is 28.1 Å². The third-order valence-corrected chi connectivity index (χ3v) is 5.05. The van der Waals surface area contributed by atoms with Crippen LogP contribution in [0.3, 0.4) is 0 Å². The number of nitrogens with one attached hydrogen (secondary N) is 1. The van der Waals surface area contributed by atoms with Crippen molar-refractivity contribution in [1.29, 1.82) is 5.26 Å². The summed E-state index contributed by atoms with van der Waals surface area (Å²) in [6.07, 6.45) is 2.73. The SMILES string of the molecule is CC[C@@H]1CN(CC(=O)N[C@](C)(C#N)C2CC2)CCN1C[C@@H](C)O. The molecular formula is C17H30N4O2. The summed E-state index contributed by atoms with van der Waals surface area (Å²) < 4.78 is 0. The van der Waals surface area contributed by atoms with Crippen molar-refractivity contribution in [2.45, 2.75) is 57.7 Å². The van der Waals surface area contributed by atoms with E-state index in [1.165, 1.54) is 0 Å². The maximum absolute atomic E-state index is 12.3. The summed E-state index contributed by atoms with van der Waals surface area (Å²) in [5.41, 5.74) is -0.713. The molecule has 0 aromatic rings. The van der Waals surface area contributed by atoms with Crippen LogP contribution in [0.1, 0.15) is 40.0 Å². The van der Waals surface area contributed by atoms with E-state index in [1.807, 2.05) is 13.8 Å². The Morgan fingerprint density at radius 3 is 2.70 bits per heavy atom. The van der Waals surface area contributed by atoms with Gasteiger partial charge >= 0.3 is 0 Å². The quantitative estimate of drug-likeness (QED) is 0.716. The van der Waals surface area contributed by atoms with E-state index < -0.39 is 5.54 Å². The fraction of sp³-hybridized carbons (Fsp3) is 0.882. The third-order valence-electron chi connectivity index (χ3n) is 5.05. The van der Waals surface area contributed by atoms with Gasteiger partial charge < -0.3 is 10.4 Å². The van der Waals surface area contributed by atoms with Crippen LogP contribution >= 0.6 is 0 Å². The van der Waals surface area contributed by atoms with Crippen molar-refractivity contribution >= 4 is 5.91 Å². The highest BCUT2D eigenvalue weighted by molar-refractivity contribution is 5.79. The van der Waals surface area contributed by atoms with Crippen molar-refractivity contribution in [3.63, 3.8) is 0 Å². The van der Waals surface area contributed by atoms with Crippen LogP contribution in [0, 0.1) is 17.2 Å². The van der Waals surface area contributed by atoms with Crippen LogP contribution in [0.25, 0.3) is 0 Å². The van der Waals surface area contributed by atoms with Crippen LogP contribution in [0.15, 0.2) is 0 Å². The Bertz CT molecular complexity index is 458. The van der Waals surface area contributed by atoms with Gasteiger partial charge in [-0.25, -0.2) is 0 Å². The second-order valence-corrected chi connectivity index (χ2v) is 7.28. The van der Waals surface area contributed by atoms with Gasteiger partial charge in [-0.15, -0.1) is 0 Å². The van der Waals surface area contributed by atoms with Crippen LogP contribution in [0.5, 0.6) is 0 Å². The second kappa shape index (κ2) is 7.61. The zero-order valence-electron chi connectivity index (χ0n) is 14.6. The maximum atomic E-state index is 12.3. The molecule has 0 bridgehead atoms. The molecule has 2 aliphatic rings. The number of hydrogen-bond donors (Lipinski definition) is 2. The fourth-order valence-corrected chi connectivity index (χ4v) is 3.48. The van der Waals surface area contributed by atoms with Gasteiger partial charge in [0.1, 0.15) is 5.54 Å². The minimum atomic E-state index is -0.713. The molecule has 0 aromatic heterocycles. The highest BCUT2D eigenvalue weighted by Gasteiger charge is 2.43. The van der Waals surface area contributed by atoms with Gasteiger partial charge in [-0.05, 0) is 39.0 Å². The van der Waals surface area contributed by atoms with Crippen molar-refractivity contribution < 1.29 is 9.90 Å². The first-order valence-corrected chi connectivity index (χ1v) is 8.74. The summed E-state index contributed by atoms with van der Waals surface area (Å²) in [6.45, 7) is 9.35. The first kappa shape index (κ1) is 18.2. The number of hydrogen-bond acceptors (Lipinski definition) is 5. The molecule has 1 saturated carbocycles. The van der Waals surface area contributed by atoms with Crippen molar-refractivity contribution in [3.8, 4) is 6.07 Å². The zero-order valence-corrected chi connectivity index (χ0v) is 14.6. The van der Waals surface area contributed by atoms with Gasteiger partial charge in [-0.3, -0.25) is 14.6 Å². The molecular weight excluding hydrogens is 292 g/mol. The summed E-state index contributed by atoms with van der Waals surface area (Å²) in [5.74, 6) is 0.252. The molecule has 130 valence electrons. The van der Waals surface area contributed by atoms with Gasteiger partial charge in [-0.2, -0.15) is 5.26 Å². The Kier molecular flexibility index (Phi) is 6.01. The second-order valence-electron chi connectivity index (χ2n) is 7.28. The van der Waals surface area contributed by atoms with Crippen molar-refractivity contribution in [2.75, 3.05) is 32.7 Å². The number of carbonyl (C=O) groups is 1. The third kappa shape index (κ3) is 4.90. The van der Waals surface area contributed by atoms with Gasteiger partial charge in [0.05, 0.1) is 18.7 Å². The van der Waals surface area contributed by atoms with E-state index in [0.29, 0.717) is 25.0 Å². The van der Waals surface area contributed by atoms with Crippen molar-refractivity contribution in [3.05, 3.63) is 0 Å². The highest BCUT2D eigenvalue weighted by Crippen LogP contribution is 2.39. The van der Waals surface area contributed by atoms with Gasteiger partial charge in [0.2, 0.25) is 5.91 Å². The Morgan fingerprint density at radius 2 is 2.17 bits per heavy atom.